The molecule has 0 aliphatic carbocycles. The molecule has 1 atom stereocenters. The number of hydrogen-bond acceptors (Lipinski definition) is 3. The number of carbonyl (C=O) groups is 2. The average Bonchev–Trinajstić information content (AvgIpc) is 2.26. The Hall–Kier alpha value is -1.88. The maximum atomic E-state index is 10.6. The third kappa shape index (κ3) is 3.36. The summed E-state index contributed by atoms with van der Waals surface area (Å²) in [5.74, 6) is -2.00. The van der Waals surface area contributed by atoms with Gasteiger partial charge < -0.3 is 15.9 Å². The Balaban J connectivity index is 2.56. The van der Waals surface area contributed by atoms with Crippen molar-refractivity contribution in [1.82, 2.24) is 0 Å². The van der Waals surface area contributed by atoms with Gasteiger partial charge in [0.15, 0.2) is 0 Å². The molecule has 0 spiro atoms. The Kier molecular flexibility index (Phi) is 4.02. The molecule has 0 bridgehead atoms. The van der Waals surface area contributed by atoms with E-state index in [1.54, 1.807) is 12.1 Å². The van der Waals surface area contributed by atoms with Crippen molar-refractivity contribution in [2.45, 2.75) is 18.9 Å². The zero-order valence-electron chi connectivity index (χ0n) is 8.59. The first-order chi connectivity index (χ1) is 7.50. The van der Waals surface area contributed by atoms with E-state index >= 15 is 0 Å². The van der Waals surface area contributed by atoms with Crippen molar-refractivity contribution in [3.05, 3.63) is 35.4 Å². The average molecular weight is 223 g/mol. The van der Waals surface area contributed by atoms with Crippen molar-refractivity contribution in [3.8, 4) is 0 Å². The van der Waals surface area contributed by atoms with Crippen molar-refractivity contribution in [1.29, 1.82) is 0 Å². The highest BCUT2D eigenvalue weighted by Gasteiger charge is 2.11. The minimum atomic E-state index is -1.03. The van der Waals surface area contributed by atoms with Crippen LogP contribution in [-0.2, 0) is 11.2 Å². The molecule has 0 fully saturated rings. The molecule has 5 nitrogen and oxygen atoms in total. The van der Waals surface area contributed by atoms with Crippen LogP contribution in [0.5, 0.6) is 0 Å². The summed E-state index contributed by atoms with van der Waals surface area (Å²) in [6.07, 6.45) is 0.856. The zero-order valence-corrected chi connectivity index (χ0v) is 8.59. The molecule has 5 heteroatoms. The van der Waals surface area contributed by atoms with Gasteiger partial charge in [-0.25, -0.2) is 4.79 Å². The van der Waals surface area contributed by atoms with Gasteiger partial charge in [-0.15, -0.1) is 0 Å². The minimum Gasteiger partial charge on any atom is -0.480 e. The van der Waals surface area contributed by atoms with Gasteiger partial charge in [0.05, 0.1) is 5.56 Å². The maximum absolute atomic E-state index is 10.6. The molecule has 0 saturated carbocycles. The van der Waals surface area contributed by atoms with Crippen molar-refractivity contribution in [2.24, 2.45) is 5.73 Å². The van der Waals surface area contributed by atoms with Crippen LogP contribution < -0.4 is 5.73 Å². The molecule has 0 aliphatic heterocycles. The van der Waals surface area contributed by atoms with E-state index < -0.39 is 18.0 Å². The third-order valence-electron chi connectivity index (χ3n) is 2.26. The third-order valence-corrected chi connectivity index (χ3v) is 2.26. The number of nitrogens with two attached hydrogens (primary N) is 1. The predicted molar refractivity (Wildman–Crippen MR) is 57.3 cm³/mol. The molecule has 86 valence electrons. The minimum absolute atomic E-state index is 0.214. The number of aliphatic carboxylic acids is 1. The van der Waals surface area contributed by atoms with Gasteiger partial charge in [-0.3, -0.25) is 4.79 Å². The van der Waals surface area contributed by atoms with E-state index in [1.165, 1.54) is 12.1 Å². The maximum Gasteiger partial charge on any atom is 0.335 e. The summed E-state index contributed by atoms with van der Waals surface area (Å²) >= 11 is 0. The van der Waals surface area contributed by atoms with Crippen LogP contribution in [0, 0.1) is 0 Å². The quantitative estimate of drug-likeness (QED) is 0.683. The molecule has 0 aliphatic rings. The van der Waals surface area contributed by atoms with Gasteiger partial charge in [0.2, 0.25) is 0 Å². The Morgan fingerprint density at radius 1 is 1.19 bits per heavy atom. The van der Waals surface area contributed by atoms with E-state index in [9.17, 15) is 9.59 Å². The first-order valence-electron chi connectivity index (χ1n) is 4.81. The van der Waals surface area contributed by atoms with E-state index in [-0.39, 0.29) is 5.56 Å². The summed E-state index contributed by atoms with van der Waals surface area (Å²) < 4.78 is 0. The van der Waals surface area contributed by atoms with E-state index in [0.29, 0.717) is 12.8 Å². The number of carboxylic acid groups (broad SMARTS) is 2. The standard InChI is InChI=1S/C11H13NO4/c12-9(11(15)16)6-3-7-1-4-8(5-2-7)10(13)14/h1-2,4-5,9H,3,6,12H2,(H,13,14)(H,15,16). The fraction of sp³-hybridized carbons (Fsp3) is 0.273. The van der Waals surface area contributed by atoms with Crippen molar-refractivity contribution < 1.29 is 19.8 Å². The molecule has 0 saturated heterocycles. The monoisotopic (exact) mass is 223 g/mol. The van der Waals surface area contributed by atoms with E-state index in [2.05, 4.69) is 0 Å². The van der Waals surface area contributed by atoms with Crippen LogP contribution in [0.3, 0.4) is 0 Å². The second kappa shape index (κ2) is 5.27. The lowest BCUT2D eigenvalue weighted by Gasteiger charge is -2.06. The highest BCUT2D eigenvalue weighted by Crippen LogP contribution is 2.07. The number of carboxylic acids is 2. The van der Waals surface area contributed by atoms with Crippen molar-refractivity contribution in [3.63, 3.8) is 0 Å². The largest absolute Gasteiger partial charge is 0.480 e. The van der Waals surface area contributed by atoms with Gasteiger partial charge in [0, 0.05) is 0 Å². The summed E-state index contributed by atoms with van der Waals surface area (Å²) in [4.78, 5) is 21.0. The SMILES string of the molecule is NC(CCc1ccc(C(=O)O)cc1)C(=O)O. The fourth-order valence-corrected chi connectivity index (χ4v) is 1.26. The second-order valence-electron chi connectivity index (χ2n) is 3.49. The van der Waals surface area contributed by atoms with Crippen molar-refractivity contribution >= 4 is 11.9 Å². The zero-order chi connectivity index (χ0) is 12.1. The van der Waals surface area contributed by atoms with Gasteiger partial charge in [-0.1, -0.05) is 12.1 Å². The van der Waals surface area contributed by atoms with Crippen LogP contribution in [0.4, 0.5) is 0 Å². The molecule has 16 heavy (non-hydrogen) atoms. The lowest BCUT2D eigenvalue weighted by Crippen LogP contribution is -2.30. The van der Waals surface area contributed by atoms with Crippen LogP contribution in [0.15, 0.2) is 24.3 Å². The molecule has 0 aromatic heterocycles. The molecule has 1 aromatic carbocycles. The Morgan fingerprint density at radius 2 is 1.75 bits per heavy atom. The van der Waals surface area contributed by atoms with Crippen LogP contribution in [0.25, 0.3) is 0 Å². The molecule has 0 amide bonds. The van der Waals surface area contributed by atoms with Crippen LogP contribution in [0.1, 0.15) is 22.3 Å². The number of rotatable bonds is 5. The molecule has 0 heterocycles. The molecule has 1 rings (SSSR count). The van der Waals surface area contributed by atoms with E-state index in [4.69, 9.17) is 15.9 Å². The van der Waals surface area contributed by atoms with E-state index in [0.717, 1.165) is 5.56 Å². The number of hydrogen-bond donors (Lipinski definition) is 3. The highest BCUT2D eigenvalue weighted by molar-refractivity contribution is 5.87. The van der Waals surface area contributed by atoms with Gasteiger partial charge in [0.25, 0.3) is 0 Å². The predicted octanol–water partition coefficient (Wildman–Crippen LogP) is 0.729. The van der Waals surface area contributed by atoms with Crippen LogP contribution in [0.2, 0.25) is 0 Å². The highest BCUT2D eigenvalue weighted by atomic mass is 16.4. The van der Waals surface area contributed by atoms with Gasteiger partial charge in [-0.2, -0.15) is 0 Å². The summed E-state index contributed by atoms with van der Waals surface area (Å²) in [5.41, 5.74) is 6.44. The smallest absolute Gasteiger partial charge is 0.335 e. The number of aromatic carboxylic acids is 1. The van der Waals surface area contributed by atoms with Gasteiger partial charge in [0.1, 0.15) is 6.04 Å². The summed E-state index contributed by atoms with van der Waals surface area (Å²) in [7, 11) is 0. The molecular formula is C11H13NO4. The molecule has 0 radical (unpaired) electrons. The molecule has 1 unspecified atom stereocenters. The van der Waals surface area contributed by atoms with Crippen molar-refractivity contribution in [2.75, 3.05) is 0 Å². The lowest BCUT2D eigenvalue weighted by molar-refractivity contribution is -0.138. The second-order valence-corrected chi connectivity index (χ2v) is 3.49. The Bertz CT molecular complexity index is 385. The Labute approximate surface area is 92.5 Å². The summed E-state index contributed by atoms with van der Waals surface area (Å²) in [6.45, 7) is 0. The van der Waals surface area contributed by atoms with Crippen LogP contribution >= 0.6 is 0 Å². The normalized spacial score (nSPS) is 12.1. The summed E-state index contributed by atoms with van der Waals surface area (Å²) in [5, 5.41) is 17.2. The topological polar surface area (TPSA) is 101 Å². The Morgan fingerprint density at radius 3 is 2.19 bits per heavy atom. The van der Waals surface area contributed by atoms with Gasteiger partial charge >= 0.3 is 11.9 Å². The molecule has 4 N–H and O–H groups in total. The van der Waals surface area contributed by atoms with Gasteiger partial charge in [-0.05, 0) is 30.5 Å². The number of benzene rings is 1. The first-order valence-corrected chi connectivity index (χ1v) is 4.81. The number of aryl methyl sites for hydroxylation is 1. The summed E-state index contributed by atoms with van der Waals surface area (Å²) in [6, 6.07) is 5.43. The van der Waals surface area contributed by atoms with E-state index in [1.807, 2.05) is 0 Å². The molecular weight excluding hydrogens is 210 g/mol. The first kappa shape index (κ1) is 12.2. The fourth-order valence-electron chi connectivity index (χ4n) is 1.26. The molecule has 1 aromatic rings. The lowest BCUT2D eigenvalue weighted by atomic mass is 10.0. The van der Waals surface area contributed by atoms with Crippen LogP contribution in [-0.4, -0.2) is 28.2 Å².